The van der Waals surface area contributed by atoms with Crippen LogP contribution in [0.5, 0.6) is 17.2 Å². The normalized spacial score (nSPS) is 19.7. The first-order chi connectivity index (χ1) is 12.6. The van der Waals surface area contributed by atoms with Crippen LogP contribution in [-0.4, -0.2) is 38.3 Å². The fourth-order valence-corrected chi connectivity index (χ4v) is 3.45. The molecule has 1 aliphatic rings. The smallest absolute Gasteiger partial charge is 0.251 e. The largest absolute Gasteiger partial charge is 0.490 e. The highest BCUT2D eigenvalue weighted by Gasteiger charge is 2.26. The Morgan fingerprint density at radius 1 is 1.04 bits per heavy atom. The maximum atomic E-state index is 12.9. The first kappa shape index (κ1) is 20.4. The van der Waals surface area contributed by atoms with Crippen LogP contribution in [0.25, 0.3) is 0 Å². The van der Waals surface area contributed by atoms with Crippen molar-refractivity contribution in [1.29, 1.82) is 0 Å². The van der Waals surface area contributed by atoms with E-state index in [0.29, 0.717) is 55.1 Å². The van der Waals surface area contributed by atoms with Crippen LogP contribution in [0, 0.1) is 5.92 Å². The van der Waals surface area contributed by atoms with Crippen LogP contribution in [0.3, 0.4) is 0 Å². The fraction of sp³-hybridized carbons (Fsp3) is 0.650. The average Bonchev–Trinajstić information content (AvgIpc) is 2.65. The van der Waals surface area contributed by atoms with Gasteiger partial charge in [0.1, 0.15) is 0 Å². The van der Waals surface area contributed by atoms with Gasteiger partial charge in [0.2, 0.25) is 5.75 Å². The Kier molecular flexibility index (Phi) is 8.04. The van der Waals surface area contributed by atoms with E-state index in [4.69, 9.17) is 19.9 Å². The molecule has 0 bridgehead atoms. The summed E-state index contributed by atoms with van der Waals surface area (Å²) in [7, 11) is 0. The van der Waals surface area contributed by atoms with Gasteiger partial charge in [-0.1, -0.05) is 12.8 Å². The standard InChI is InChI=1S/C20H32N2O4/c1-4-24-17-11-15(12-18(25-5-2)19(17)26-6-3)20(23)22-16-10-8-7-9-14(16)13-21/h11-12,14,16H,4-10,13,21H2,1-3H3,(H,22,23). The van der Waals surface area contributed by atoms with Crippen molar-refractivity contribution in [3.05, 3.63) is 17.7 Å². The molecule has 0 radical (unpaired) electrons. The van der Waals surface area contributed by atoms with Gasteiger partial charge in [0, 0.05) is 11.6 Å². The second-order valence-electron chi connectivity index (χ2n) is 6.46. The van der Waals surface area contributed by atoms with Gasteiger partial charge in [-0.15, -0.1) is 0 Å². The summed E-state index contributed by atoms with van der Waals surface area (Å²) in [5.41, 5.74) is 6.40. The lowest BCUT2D eigenvalue weighted by Crippen LogP contribution is -2.44. The first-order valence-corrected chi connectivity index (χ1v) is 9.71. The van der Waals surface area contributed by atoms with Crippen molar-refractivity contribution in [3.63, 3.8) is 0 Å². The van der Waals surface area contributed by atoms with Crippen molar-refractivity contribution in [2.75, 3.05) is 26.4 Å². The van der Waals surface area contributed by atoms with Crippen LogP contribution in [0.15, 0.2) is 12.1 Å². The van der Waals surface area contributed by atoms with E-state index in [9.17, 15) is 4.79 Å². The highest BCUT2D eigenvalue weighted by atomic mass is 16.5. The van der Waals surface area contributed by atoms with Gasteiger partial charge < -0.3 is 25.3 Å². The third-order valence-electron chi connectivity index (χ3n) is 4.70. The fourth-order valence-electron chi connectivity index (χ4n) is 3.45. The van der Waals surface area contributed by atoms with Crippen LogP contribution in [0.2, 0.25) is 0 Å². The molecule has 2 rings (SSSR count). The van der Waals surface area contributed by atoms with Crippen molar-refractivity contribution in [3.8, 4) is 17.2 Å². The molecule has 0 heterocycles. The topological polar surface area (TPSA) is 82.8 Å². The maximum Gasteiger partial charge on any atom is 0.251 e. The molecule has 2 unspecified atom stereocenters. The van der Waals surface area contributed by atoms with Gasteiger partial charge in [0.05, 0.1) is 19.8 Å². The molecule has 0 aromatic heterocycles. The molecule has 0 saturated heterocycles. The molecule has 3 N–H and O–H groups in total. The van der Waals surface area contributed by atoms with Gasteiger partial charge in [-0.3, -0.25) is 4.79 Å². The summed E-state index contributed by atoms with van der Waals surface area (Å²) in [5, 5.41) is 3.16. The van der Waals surface area contributed by atoms with Crippen molar-refractivity contribution in [1.82, 2.24) is 5.32 Å². The lowest BCUT2D eigenvalue weighted by molar-refractivity contribution is 0.0907. The number of carbonyl (C=O) groups is 1. The van der Waals surface area contributed by atoms with Gasteiger partial charge in [-0.05, 0) is 58.2 Å². The van der Waals surface area contributed by atoms with Crippen LogP contribution >= 0.6 is 0 Å². The van der Waals surface area contributed by atoms with Gasteiger partial charge in [-0.25, -0.2) is 0 Å². The van der Waals surface area contributed by atoms with E-state index in [0.717, 1.165) is 19.3 Å². The molecule has 0 spiro atoms. The summed E-state index contributed by atoms with van der Waals surface area (Å²) in [5.74, 6) is 1.83. The number of benzene rings is 1. The molecule has 6 nitrogen and oxygen atoms in total. The lowest BCUT2D eigenvalue weighted by Gasteiger charge is -2.31. The van der Waals surface area contributed by atoms with Crippen LogP contribution in [0.1, 0.15) is 56.8 Å². The number of rotatable bonds is 9. The molecule has 1 fully saturated rings. The summed E-state index contributed by atoms with van der Waals surface area (Å²) in [6.45, 7) is 7.76. The quantitative estimate of drug-likeness (QED) is 0.703. The van der Waals surface area contributed by atoms with E-state index >= 15 is 0 Å². The molecule has 2 atom stereocenters. The van der Waals surface area contributed by atoms with Crippen LogP contribution < -0.4 is 25.3 Å². The molecule has 146 valence electrons. The van der Waals surface area contributed by atoms with Gasteiger partial charge in [0.25, 0.3) is 5.91 Å². The monoisotopic (exact) mass is 364 g/mol. The molecule has 0 aliphatic heterocycles. The van der Waals surface area contributed by atoms with Crippen molar-refractivity contribution >= 4 is 5.91 Å². The Labute approximate surface area is 156 Å². The molecule has 1 aliphatic carbocycles. The molecular weight excluding hydrogens is 332 g/mol. The summed E-state index contributed by atoms with van der Waals surface area (Å²) in [4.78, 5) is 12.9. The summed E-state index contributed by atoms with van der Waals surface area (Å²) >= 11 is 0. The predicted octanol–water partition coefficient (Wildman–Crippen LogP) is 3.13. The van der Waals surface area contributed by atoms with Crippen molar-refractivity contribution in [2.24, 2.45) is 11.7 Å². The van der Waals surface area contributed by atoms with E-state index in [2.05, 4.69) is 5.32 Å². The Balaban J connectivity index is 2.27. The number of hydrogen-bond acceptors (Lipinski definition) is 5. The SMILES string of the molecule is CCOc1cc(C(=O)NC2CCCCC2CN)cc(OCC)c1OCC. The second-order valence-corrected chi connectivity index (χ2v) is 6.46. The zero-order valence-electron chi connectivity index (χ0n) is 16.2. The molecule has 1 aromatic rings. The van der Waals surface area contributed by atoms with E-state index in [1.165, 1.54) is 6.42 Å². The summed E-state index contributed by atoms with van der Waals surface area (Å²) < 4.78 is 17.1. The molecule has 1 aromatic carbocycles. The second kappa shape index (κ2) is 10.3. The zero-order chi connectivity index (χ0) is 18.9. The number of hydrogen-bond donors (Lipinski definition) is 2. The van der Waals surface area contributed by atoms with E-state index < -0.39 is 0 Å². The maximum absolute atomic E-state index is 12.9. The van der Waals surface area contributed by atoms with Crippen molar-refractivity contribution in [2.45, 2.75) is 52.5 Å². The molecule has 1 saturated carbocycles. The Morgan fingerprint density at radius 3 is 2.15 bits per heavy atom. The number of carbonyl (C=O) groups excluding carboxylic acids is 1. The van der Waals surface area contributed by atoms with Gasteiger partial charge >= 0.3 is 0 Å². The molecular formula is C20H32N2O4. The Morgan fingerprint density at radius 2 is 1.62 bits per heavy atom. The van der Waals surface area contributed by atoms with Gasteiger partial charge in [-0.2, -0.15) is 0 Å². The molecule has 26 heavy (non-hydrogen) atoms. The summed E-state index contributed by atoms with van der Waals surface area (Å²) in [6, 6.07) is 3.58. The number of amides is 1. The van der Waals surface area contributed by atoms with E-state index in [1.54, 1.807) is 12.1 Å². The molecule has 6 heteroatoms. The minimum atomic E-state index is -0.125. The third-order valence-corrected chi connectivity index (χ3v) is 4.70. The van der Waals surface area contributed by atoms with E-state index in [1.807, 2.05) is 20.8 Å². The van der Waals surface area contributed by atoms with Crippen molar-refractivity contribution < 1.29 is 19.0 Å². The Bertz CT molecular complexity index is 564. The average molecular weight is 364 g/mol. The first-order valence-electron chi connectivity index (χ1n) is 9.71. The highest BCUT2D eigenvalue weighted by molar-refractivity contribution is 5.95. The zero-order valence-corrected chi connectivity index (χ0v) is 16.2. The van der Waals surface area contributed by atoms with E-state index in [-0.39, 0.29) is 11.9 Å². The molecule has 1 amide bonds. The van der Waals surface area contributed by atoms with Gasteiger partial charge in [0.15, 0.2) is 11.5 Å². The minimum Gasteiger partial charge on any atom is -0.490 e. The third kappa shape index (κ3) is 5.04. The number of ether oxygens (including phenoxy) is 3. The lowest BCUT2D eigenvalue weighted by atomic mass is 9.84. The number of nitrogens with one attached hydrogen (secondary N) is 1. The summed E-state index contributed by atoms with van der Waals surface area (Å²) in [6.07, 6.45) is 4.35. The number of nitrogens with two attached hydrogens (primary N) is 1. The Hall–Kier alpha value is -1.95. The van der Waals surface area contributed by atoms with Crippen LogP contribution in [0.4, 0.5) is 0 Å². The van der Waals surface area contributed by atoms with Crippen LogP contribution in [-0.2, 0) is 0 Å². The predicted molar refractivity (Wildman–Crippen MR) is 102 cm³/mol. The minimum absolute atomic E-state index is 0.124. The highest BCUT2D eigenvalue weighted by Crippen LogP contribution is 2.39.